The lowest BCUT2D eigenvalue weighted by molar-refractivity contribution is -0.0791. The maximum atomic E-state index is 11.3. The zero-order valence-electron chi connectivity index (χ0n) is 16.8. The van der Waals surface area contributed by atoms with Crippen molar-refractivity contribution in [3.05, 3.63) is 53.5 Å². The third-order valence-corrected chi connectivity index (χ3v) is 7.07. The summed E-state index contributed by atoms with van der Waals surface area (Å²) < 4.78 is 14.9. The summed E-state index contributed by atoms with van der Waals surface area (Å²) in [4.78, 5) is 12.7. The van der Waals surface area contributed by atoms with Crippen molar-refractivity contribution in [2.75, 3.05) is 5.73 Å². The third kappa shape index (κ3) is 2.91. The van der Waals surface area contributed by atoms with Crippen LogP contribution in [0.15, 0.2) is 53.5 Å². The number of nitrogen functional groups attached to an aromatic ring is 1. The number of rotatable bonds is 3. The number of hydrogen-bond donors (Lipinski definition) is 3. The average molecular weight is 498 g/mol. The van der Waals surface area contributed by atoms with Crippen LogP contribution in [0.25, 0.3) is 21.9 Å². The normalized spacial score (nSPS) is 29.6. The molecule has 1 aliphatic heterocycles. The van der Waals surface area contributed by atoms with Crippen molar-refractivity contribution in [1.29, 1.82) is 0 Å². The highest BCUT2D eigenvalue weighted by Gasteiger charge is 2.62. The van der Waals surface area contributed by atoms with Crippen molar-refractivity contribution in [2.24, 2.45) is 0 Å². The van der Waals surface area contributed by atoms with E-state index >= 15 is 0 Å². The maximum Gasteiger partial charge on any atom is 0.164 e. The molecular weight excluding hydrogens is 478 g/mol. The minimum absolute atomic E-state index is 0.361. The van der Waals surface area contributed by atoms with Crippen LogP contribution in [0, 0.1) is 0 Å². The Labute approximate surface area is 190 Å². The van der Waals surface area contributed by atoms with Crippen LogP contribution >= 0.6 is 15.9 Å². The molecule has 1 saturated carbocycles. The monoisotopic (exact) mass is 497 g/mol. The molecule has 4 heterocycles. The lowest BCUT2D eigenvalue weighted by Gasteiger charge is -2.26. The molecule has 4 aromatic rings. The Bertz CT molecular complexity index is 1350. The Morgan fingerprint density at radius 2 is 2.12 bits per heavy atom. The molecule has 5 atom stereocenters. The molecule has 1 aliphatic carbocycles. The topological polar surface area (TPSA) is 129 Å². The van der Waals surface area contributed by atoms with Crippen LogP contribution in [-0.2, 0) is 4.74 Å². The second-order valence-corrected chi connectivity index (χ2v) is 9.17. The first-order valence-corrected chi connectivity index (χ1v) is 11.1. The first kappa shape index (κ1) is 19.9. The predicted molar refractivity (Wildman–Crippen MR) is 120 cm³/mol. The first-order chi connectivity index (χ1) is 15.4. The number of hydrogen-bond acceptors (Lipinski definition) is 8. The van der Waals surface area contributed by atoms with E-state index in [1.54, 1.807) is 17.0 Å². The van der Waals surface area contributed by atoms with Crippen molar-refractivity contribution in [3.63, 3.8) is 0 Å². The highest BCUT2D eigenvalue weighted by atomic mass is 79.9. The van der Waals surface area contributed by atoms with Gasteiger partial charge < -0.3 is 30.0 Å². The minimum atomic E-state index is -1.41. The quantitative estimate of drug-likeness (QED) is 0.393. The Morgan fingerprint density at radius 3 is 3.00 bits per heavy atom. The second kappa shape index (κ2) is 7.11. The largest absolute Gasteiger partial charge is 0.488 e. The first-order valence-electron chi connectivity index (χ1n) is 10.3. The lowest BCUT2D eigenvalue weighted by Crippen LogP contribution is -2.47. The molecule has 6 rings (SSSR count). The molecule has 3 aromatic heterocycles. The number of nitrogens with zero attached hydrogens (tertiary/aromatic N) is 4. The summed E-state index contributed by atoms with van der Waals surface area (Å²) in [5, 5.41) is 24.1. The predicted octanol–water partition coefficient (Wildman–Crippen LogP) is 2.56. The number of aliphatic hydroxyl groups excluding tert-OH is 1. The average Bonchev–Trinajstić information content (AvgIpc) is 3.42. The summed E-state index contributed by atoms with van der Waals surface area (Å²) in [5.74, 6) is 0.999. The van der Waals surface area contributed by atoms with Crippen LogP contribution in [0.2, 0.25) is 0 Å². The van der Waals surface area contributed by atoms with E-state index < -0.39 is 30.1 Å². The van der Waals surface area contributed by atoms with Gasteiger partial charge in [-0.1, -0.05) is 0 Å². The van der Waals surface area contributed by atoms with E-state index in [-0.39, 0.29) is 0 Å². The molecule has 0 unspecified atom stereocenters. The van der Waals surface area contributed by atoms with Crippen molar-refractivity contribution >= 4 is 43.7 Å². The van der Waals surface area contributed by atoms with Gasteiger partial charge in [-0.25, -0.2) is 15.0 Å². The molecule has 1 saturated heterocycles. The number of pyridine rings is 1. The standard InChI is InChI=1S/C22H20BrN5O4/c23-14-7-11-1-2-13(8-15(11)27-19(14)24)31-16-3-5-22(30)17(29)21(32-18(16)22)28-6-4-12-9-25-10-26-20(12)28/h1-2,4,6-10,16-18,21,29-30H,3,5H2,(H2,24,27)/t16-,17-,18+,21+,22-/m0/s1. The Morgan fingerprint density at radius 1 is 1.25 bits per heavy atom. The molecule has 0 bridgehead atoms. The van der Waals surface area contributed by atoms with Gasteiger partial charge in [-0.3, -0.25) is 0 Å². The van der Waals surface area contributed by atoms with E-state index in [1.807, 2.05) is 30.3 Å². The van der Waals surface area contributed by atoms with Crippen molar-refractivity contribution in [3.8, 4) is 5.75 Å². The van der Waals surface area contributed by atoms with E-state index in [0.717, 1.165) is 15.2 Å². The second-order valence-electron chi connectivity index (χ2n) is 8.31. The fourth-order valence-corrected chi connectivity index (χ4v) is 5.14. The molecule has 1 aromatic carbocycles. The molecule has 4 N–H and O–H groups in total. The van der Waals surface area contributed by atoms with Crippen LogP contribution < -0.4 is 10.5 Å². The number of ether oxygens (including phenoxy) is 2. The zero-order chi connectivity index (χ0) is 22.0. The van der Waals surface area contributed by atoms with Gasteiger partial charge >= 0.3 is 0 Å². The highest BCUT2D eigenvalue weighted by molar-refractivity contribution is 9.10. The molecule has 2 aliphatic rings. The smallest absolute Gasteiger partial charge is 0.164 e. The van der Waals surface area contributed by atoms with E-state index in [4.69, 9.17) is 15.2 Å². The Kier molecular flexibility index (Phi) is 4.41. The number of aliphatic hydroxyl groups is 2. The fourth-order valence-electron chi connectivity index (χ4n) is 4.81. The molecule has 9 nitrogen and oxygen atoms in total. The number of benzene rings is 1. The molecule has 32 heavy (non-hydrogen) atoms. The van der Waals surface area contributed by atoms with Gasteiger partial charge in [0.05, 0.1) is 9.99 Å². The van der Waals surface area contributed by atoms with Crippen LogP contribution in [0.5, 0.6) is 5.75 Å². The lowest BCUT2D eigenvalue weighted by atomic mass is 9.94. The minimum Gasteiger partial charge on any atom is -0.488 e. The summed E-state index contributed by atoms with van der Waals surface area (Å²) in [6.45, 7) is 0. The van der Waals surface area contributed by atoms with E-state index in [2.05, 4.69) is 30.9 Å². The Balaban J connectivity index is 1.29. The number of nitrogens with two attached hydrogens (primary N) is 1. The summed E-state index contributed by atoms with van der Waals surface area (Å²) in [6, 6.07) is 9.32. The summed E-state index contributed by atoms with van der Waals surface area (Å²) in [5.41, 5.74) is 5.84. The molecule has 0 spiro atoms. The molecular formula is C22H20BrN5O4. The molecule has 164 valence electrons. The van der Waals surface area contributed by atoms with Gasteiger partial charge in [-0.05, 0) is 53.0 Å². The van der Waals surface area contributed by atoms with Gasteiger partial charge in [0.2, 0.25) is 0 Å². The van der Waals surface area contributed by atoms with Crippen LogP contribution in [0.3, 0.4) is 0 Å². The van der Waals surface area contributed by atoms with E-state index in [0.29, 0.717) is 35.6 Å². The number of aromatic nitrogens is 4. The van der Waals surface area contributed by atoms with Crippen LogP contribution in [0.4, 0.5) is 5.82 Å². The fraction of sp³-hybridized carbons (Fsp3) is 0.318. The summed E-state index contributed by atoms with van der Waals surface area (Å²) >= 11 is 3.39. The SMILES string of the molecule is Nc1nc2cc(O[C@H]3CC[C@@]4(O)[C@@H]3O[C@@H](n3ccc5cncnc53)[C@@H]4O)ccc2cc1Br. The summed E-state index contributed by atoms with van der Waals surface area (Å²) in [6.07, 6.45) is 2.81. The molecule has 0 radical (unpaired) electrons. The molecule has 10 heteroatoms. The zero-order valence-corrected chi connectivity index (χ0v) is 18.4. The number of halogens is 1. The maximum absolute atomic E-state index is 11.3. The van der Waals surface area contributed by atoms with E-state index in [9.17, 15) is 10.2 Å². The van der Waals surface area contributed by atoms with Crippen molar-refractivity contribution in [1.82, 2.24) is 19.5 Å². The Hall–Kier alpha value is -2.79. The van der Waals surface area contributed by atoms with Gasteiger partial charge in [0, 0.05) is 29.2 Å². The van der Waals surface area contributed by atoms with Gasteiger partial charge in [0.15, 0.2) is 6.23 Å². The number of fused-ring (bicyclic) bond motifs is 3. The van der Waals surface area contributed by atoms with E-state index in [1.165, 1.54) is 6.33 Å². The van der Waals surface area contributed by atoms with Crippen LogP contribution in [0.1, 0.15) is 19.1 Å². The van der Waals surface area contributed by atoms with Gasteiger partial charge in [0.1, 0.15) is 47.5 Å². The highest BCUT2D eigenvalue weighted by Crippen LogP contribution is 2.48. The van der Waals surface area contributed by atoms with Crippen molar-refractivity contribution in [2.45, 2.75) is 43.0 Å². The number of anilines is 1. The van der Waals surface area contributed by atoms with Gasteiger partial charge in [-0.15, -0.1) is 0 Å². The third-order valence-electron chi connectivity index (χ3n) is 6.44. The van der Waals surface area contributed by atoms with Crippen LogP contribution in [-0.4, -0.2) is 53.6 Å². The van der Waals surface area contributed by atoms with Gasteiger partial charge in [-0.2, -0.15) is 0 Å². The molecule has 2 fully saturated rings. The van der Waals surface area contributed by atoms with Crippen molar-refractivity contribution < 1.29 is 19.7 Å². The molecule has 0 amide bonds. The summed E-state index contributed by atoms with van der Waals surface area (Å²) in [7, 11) is 0. The van der Waals surface area contributed by atoms with Gasteiger partial charge in [0.25, 0.3) is 0 Å².